The molecule has 0 saturated heterocycles. The van der Waals surface area contributed by atoms with Crippen LogP contribution in [0.5, 0.6) is 0 Å². The number of nitrogens with one attached hydrogen (secondary N) is 1. The van der Waals surface area contributed by atoms with Crippen LogP contribution in [0.4, 0.5) is 8.78 Å². The van der Waals surface area contributed by atoms with Gasteiger partial charge in [-0.05, 0) is 68.4 Å². The van der Waals surface area contributed by atoms with Gasteiger partial charge in [-0.1, -0.05) is 6.07 Å². The summed E-state index contributed by atoms with van der Waals surface area (Å²) in [4.78, 5) is 8.33. The third-order valence-electron chi connectivity index (χ3n) is 4.51. The number of nitrogens with two attached hydrogens (primary N) is 1. The molecule has 0 fully saturated rings. The molecular weight excluding hydrogens is 310 g/mol. The van der Waals surface area contributed by atoms with E-state index in [0.29, 0.717) is 29.9 Å². The first-order valence-electron chi connectivity index (χ1n) is 8.25. The Morgan fingerprint density at radius 2 is 2.08 bits per heavy atom. The summed E-state index contributed by atoms with van der Waals surface area (Å²) in [6, 6.07) is 3.59. The summed E-state index contributed by atoms with van der Waals surface area (Å²) in [7, 11) is 0. The van der Waals surface area contributed by atoms with Gasteiger partial charge < -0.3 is 11.1 Å². The molecule has 6 heteroatoms. The molecule has 3 rings (SSSR count). The first-order chi connectivity index (χ1) is 11.4. The minimum Gasteiger partial charge on any atom is -0.368 e. The normalized spacial score (nSPS) is 21.8. The van der Waals surface area contributed by atoms with Gasteiger partial charge in [-0.25, -0.2) is 13.8 Å². The van der Waals surface area contributed by atoms with Crippen molar-refractivity contribution in [2.75, 3.05) is 0 Å². The smallest absolute Gasteiger partial charge is 0.221 e. The molecular formula is C18H22F2N4. The van der Waals surface area contributed by atoms with Crippen LogP contribution in [0, 0.1) is 12.7 Å². The van der Waals surface area contributed by atoms with Gasteiger partial charge in [0.2, 0.25) is 5.96 Å². The Morgan fingerprint density at radius 1 is 1.29 bits per heavy atom. The Hall–Kier alpha value is -2.24. The maximum atomic E-state index is 13.7. The molecule has 128 valence electrons. The molecule has 0 unspecified atom stereocenters. The predicted octanol–water partition coefficient (Wildman–Crippen LogP) is 3.46. The fourth-order valence-corrected chi connectivity index (χ4v) is 3.20. The van der Waals surface area contributed by atoms with Crippen LogP contribution in [0.25, 0.3) is 0 Å². The monoisotopic (exact) mass is 332 g/mol. The van der Waals surface area contributed by atoms with Crippen molar-refractivity contribution in [3.63, 3.8) is 0 Å². The van der Waals surface area contributed by atoms with Crippen LogP contribution in [0.2, 0.25) is 0 Å². The molecule has 0 bridgehead atoms. The van der Waals surface area contributed by atoms with Crippen molar-refractivity contribution in [1.82, 2.24) is 5.32 Å². The Labute approximate surface area is 140 Å². The summed E-state index contributed by atoms with van der Waals surface area (Å²) in [5.74, 6) is 0.534. The number of aryl methyl sites for hydroxylation is 2. The predicted molar refractivity (Wildman–Crippen MR) is 92.3 cm³/mol. The topological polar surface area (TPSA) is 62.8 Å². The molecule has 1 aliphatic carbocycles. The van der Waals surface area contributed by atoms with E-state index in [-0.39, 0.29) is 17.8 Å². The van der Waals surface area contributed by atoms with Gasteiger partial charge >= 0.3 is 0 Å². The van der Waals surface area contributed by atoms with Gasteiger partial charge in [-0.3, -0.25) is 0 Å². The third-order valence-corrected chi connectivity index (χ3v) is 4.51. The highest BCUT2D eigenvalue weighted by atomic mass is 19.1. The fourth-order valence-electron chi connectivity index (χ4n) is 3.20. The maximum Gasteiger partial charge on any atom is 0.221 e. The maximum absolute atomic E-state index is 13.7. The van der Waals surface area contributed by atoms with Crippen molar-refractivity contribution in [2.45, 2.75) is 51.7 Å². The molecule has 0 amide bonds. The van der Waals surface area contributed by atoms with E-state index in [2.05, 4.69) is 15.3 Å². The minimum absolute atomic E-state index is 0.0569. The Kier molecular flexibility index (Phi) is 4.64. The van der Waals surface area contributed by atoms with Crippen LogP contribution in [0.1, 0.15) is 48.9 Å². The molecule has 2 aliphatic rings. The molecule has 4 nitrogen and oxygen atoms in total. The zero-order valence-electron chi connectivity index (χ0n) is 13.9. The molecule has 0 spiro atoms. The number of halogens is 2. The number of guanidine groups is 1. The number of alkyl halides is 1. The van der Waals surface area contributed by atoms with E-state index in [1.165, 1.54) is 6.92 Å². The summed E-state index contributed by atoms with van der Waals surface area (Å²) >= 11 is 0. The number of fused-ring (bicyclic) bond motifs is 1. The average molecular weight is 332 g/mol. The highest BCUT2D eigenvalue weighted by Gasteiger charge is 2.24. The number of hydrogen-bond acceptors (Lipinski definition) is 4. The molecule has 1 aliphatic heterocycles. The van der Waals surface area contributed by atoms with Crippen molar-refractivity contribution in [3.05, 3.63) is 46.5 Å². The average Bonchev–Trinajstić information content (AvgIpc) is 2.86. The van der Waals surface area contributed by atoms with Crippen molar-refractivity contribution < 1.29 is 8.78 Å². The summed E-state index contributed by atoms with van der Waals surface area (Å²) in [5.41, 5.74) is 9.00. The van der Waals surface area contributed by atoms with E-state index >= 15 is 0 Å². The lowest BCUT2D eigenvalue weighted by Crippen LogP contribution is -2.24. The van der Waals surface area contributed by atoms with E-state index in [9.17, 15) is 8.78 Å². The van der Waals surface area contributed by atoms with Crippen molar-refractivity contribution in [3.8, 4) is 0 Å². The Morgan fingerprint density at radius 3 is 2.83 bits per heavy atom. The first-order valence-corrected chi connectivity index (χ1v) is 8.25. The van der Waals surface area contributed by atoms with Gasteiger partial charge in [0.15, 0.2) is 0 Å². The quantitative estimate of drug-likeness (QED) is 0.890. The summed E-state index contributed by atoms with van der Waals surface area (Å²) in [5, 5.41) is 3.37. The first kappa shape index (κ1) is 16.6. The molecule has 1 aromatic carbocycles. The molecule has 2 atom stereocenters. The summed E-state index contributed by atoms with van der Waals surface area (Å²) < 4.78 is 27.1. The number of benzene rings is 1. The van der Waals surface area contributed by atoms with Crippen molar-refractivity contribution in [2.24, 2.45) is 15.7 Å². The Bertz CT molecular complexity index is 735. The van der Waals surface area contributed by atoms with Crippen LogP contribution in [0.3, 0.4) is 0 Å². The van der Waals surface area contributed by atoms with Gasteiger partial charge in [-0.15, -0.1) is 0 Å². The number of allylic oxidation sites excluding steroid dienone is 1. The van der Waals surface area contributed by atoms with Crippen LogP contribution < -0.4 is 11.1 Å². The zero-order chi connectivity index (χ0) is 17.3. The highest BCUT2D eigenvalue weighted by Crippen LogP contribution is 2.33. The summed E-state index contributed by atoms with van der Waals surface area (Å²) in [6.07, 6.45) is 3.66. The molecule has 0 saturated carbocycles. The van der Waals surface area contributed by atoms with E-state index in [1.54, 1.807) is 13.0 Å². The van der Waals surface area contributed by atoms with Crippen LogP contribution in [-0.4, -0.2) is 17.8 Å². The summed E-state index contributed by atoms with van der Waals surface area (Å²) in [6.45, 7) is 3.22. The molecule has 1 aromatic rings. The van der Waals surface area contributed by atoms with Gasteiger partial charge in [0.05, 0.1) is 11.8 Å². The van der Waals surface area contributed by atoms with Gasteiger partial charge in [-0.2, -0.15) is 4.99 Å². The van der Waals surface area contributed by atoms with E-state index in [0.717, 1.165) is 24.0 Å². The Balaban J connectivity index is 1.80. The van der Waals surface area contributed by atoms with Crippen LogP contribution in [0.15, 0.2) is 34.0 Å². The minimum atomic E-state index is -1.12. The van der Waals surface area contributed by atoms with Crippen LogP contribution in [-0.2, 0) is 6.42 Å². The van der Waals surface area contributed by atoms with E-state index in [4.69, 9.17) is 5.73 Å². The largest absolute Gasteiger partial charge is 0.368 e. The number of aliphatic imine (C=N–C) groups is 2. The van der Waals surface area contributed by atoms with E-state index < -0.39 is 6.17 Å². The van der Waals surface area contributed by atoms with Crippen LogP contribution >= 0.6 is 0 Å². The second-order valence-electron chi connectivity index (χ2n) is 6.35. The van der Waals surface area contributed by atoms with Gasteiger partial charge in [0.1, 0.15) is 17.8 Å². The number of nitrogens with zero attached hydrogens (tertiary/aromatic N) is 2. The lowest BCUT2D eigenvalue weighted by molar-refractivity contribution is 0.449. The van der Waals surface area contributed by atoms with Gasteiger partial charge in [0.25, 0.3) is 0 Å². The lowest BCUT2D eigenvalue weighted by atomic mass is 10.0. The lowest BCUT2D eigenvalue weighted by Gasteiger charge is -2.18. The molecule has 1 heterocycles. The SMILES string of the molecule is Cc1cc2c(cc1F)CC[C@H]2NC1=CCCC([C@@H](C)F)=NC(N)=N1. The van der Waals surface area contributed by atoms with Gasteiger partial charge in [0, 0.05) is 0 Å². The standard InChI is InChI=1S/C18H22F2N4/c1-10-8-13-12(9-14(10)20)6-7-16(13)22-17-5-3-4-15(11(2)19)23-18(21)24-17/h5,8-9,11,16,22H,3-4,6-7H2,1-2H3,(H2,21,24)/t11-,16-/m1/s1. The highest BCUT2D eigenvalue weighted by molar-refractivity contribution is 5.99. The molecule has 0 aromatic heterocycles. The molecule has 24 heavy (non-hydrogen) atoms. The van der Waals surface area contributed by atoms with Crippen molar-refractivity contribution >= 4 is 11.7 Å². The second-order valence-corrected chi connectivity index (χ2v) is 6.35. The van der Waals surface area contributed by atoms with E-state index in [1.807, 2.05) is 12.1 Å². The zero-order valence-corrected chi connectivity index (χ0v) is 13.9. The third kappa shape index (κ3) is 3.47. The number of hydrogen-bond donors (Lipinski definition) is 2. The molecule has 0 radical (unpaired) electrons. The van der Waals surface area contributed by atoms with Crippen molar-refractivity contribution in [1.29, 1.82) is 0 Å². The molecule has 3 N–H and O–H groups in total. The fraction of sp³-hybridized carbons (Fsp3) is 0.444. The second kappa shape index (κ2) is 6.71. The number of rotatable bonds is 3.